The van der Waals surface area contributed by atoms with Gasteiger partial charge in [0.25, 0.3) is 0 Å². The van der Waals surface area contributed by atoms with Gasteiger partial charge in [-0.25, -0.2) is 9.97 Å². The first kappa shape index (κ1) is 8.14. The van der Waals surface area contributed by atoms with Crippen molar-refractivity contribution in [2.24, 2.45) is 0 Å². The first-order chi connectivity index (χ1) is 5.34. The van der Waals surface area contributed by atoms with E-state index in [1.54, 1.807) is 6.20 Å². The fraction of sp³-hybridized carbons (Fsp3) is 0.500. The molecule has 11 heavy (non-hydrogen) atoms. The summed E-state index contributed by atoms with van der Waals surface area (Å²) < 4.78 is 0. The van der Waals surface area contributed by atoms with E-state index >= 15 is 0 Å². The van der Waals surface area contributed by atoms with Crippen LogP contribution in [0.3, 0.4) is 0 Å². The summed E-state index contributed by atoms with van der Waals surface area (Å²) in [5.74, 6) is 0. The van der Waals surface area contributed by atoms with Crippen LogP contribution in [0.2, 0.25) is 0 Å². The van der Waals surface area contributed by atoms with Gasteiger partial charge in [-0.15, -0.1) is 0 Å². The zero-order chi connectivity index (χ0) is 8.10. The molecule has 3 nitrogen and oxygen atoms in total. The van der Waals surface area contributed by atoms with Gasteiger partial charge in [-0.1, -0.05) is 0 Å². The van der Waals surface area contributed by atoms with Gasteiger partial charge in [0, 0.05) is 18.5 Å². The molecule has 1 N–H and O–H groups in total. The van der Waals surface area contributed by atoms with Crippen molar-refractivity contribution in [1.29, 1.82) is 0 Å². The molecule has 1 aromatic heterocycles. The summed E-state index contributed by atoms with van der Waals surface area (Å²) in [7, 11) is 0. The second-order valence-electron chi connectivity index (χ2n) is 2.41. The molecular formula is C8H11N2O. The van der Waals surface area contributed by atoms with Gasteiger partial charge in [-0.3, -0.25) is 0 Å². The molecule has 59 valence electrons. The first-order valence-electron chi connectivity index (χ1n) is 3.64. The molecular weight excluding hydrogens is 140 g/mol. The second kappa shape index (κ2) is 4.03. The standard InChI is InChI=1S/C8H11N2O/c1-7-8(3-2-4-11)5-9-6-10-7/h5,11H,2-4H2,1H3. The number of hydrogen-bond acceptors (Lipinski definition) is 3. The minimum Gasteiger partial charge on any atom is -0.396 e. The summed E-state index contributed by atoms with van der Waals surface area (Å²) in [6, 6.07) is 0. The number of nitrogens with zero attached hydrogens (tertiary/aromatic N) is 2. The Morgan fingerprint density at radius 2 is 2.45 bits per heavy atom. The van der Waals surface area contributed by atoms with Crippen molar-refractivity contribution in [2.75, 3.05) is 6.61 Å². The third-order valence-corrected chi connectivity index (χ3v) is 1.56. The van der Waals surface area contributed by atoms with Crippen LogP contribution in [-0.2, 0) is 6.42 Å². The van der Waals surface area contributed by atoms with Gasteiger partial charge < -0.3 is 5.11 Å². The third-order valence-electron chi connectivity index (χ3n) is 1.56. The van der Waals surface area contributed by atoms with E-state index in [0.717, 1.165) is 24.1 Å². The Bertz CT molecular complexity index is 225. The van der Waals surface area contributed by atoms with Crippen LogP contribution >= 0.6 is 0 Å². The van der Waals surface area contributed by atoms with E-state index in [-0.39, 0.29) is 6.61 Å². The molecule has 0 bridgehead atoms. The highest BCUT2D eigenvalue weighted by atomic mass is 16.2. The van der Waals surface area contributed by atoms with E-state index in [2.05, 4.69) is 16.3 Å². The predicted molar refractivity (Wildman–Crippen MR) is 41.0 cm³/mol. The molecule has 0 saturated carbocycles. The largest absolute Gasteiger partial charge is 0.396 e. The van der Waals surface area contributed by atoms with Gasteiger partial charge in [0.1, 0.15) is 0 Å². The summed E-state index contributed by atoms with van der Waals surface area (Å²) in [6.07, 6.45) is 5.88. The lowest BCUT2D eigenvalue weighted by atomic mass is 10.1. The first-order valence-corrected chi connectivity index (χ1v) is 3.64. The van der Waals surface area contributed by atoms with E-state index in [9.17, 15) is 0 Å². The molecule has 0 saturated heterocycles. The fourth-order valence-corrected chi connectivity index (χ4v) is 0.891. The molecule has 0 atom stereocenters. The maximum atomic E-state index is 8.57. The van der Waals surface area contributed by atoms with E-state index in [1.165, 1.54) is 0 Å². The number of aromatic nitrogens is 2. The molecule has 1 aromatic rings. The summed E-state index contributed by atoms with van der Waals surface area (Å²) in [5.41, 5.74) is 2.05. The zero-order valence-corrected chi connectivity index (χ0v) is 6.54. The van der Waals surface area contributed by atoms with Gasteiger partial charge in [-0.05, 0) is 25.3 Å². The maximum absolute atomic E-state index is 8.57. The molecule has 1 radical (unpaired) electrons. The Kier molecular flexibility index (Phi) is 2.98. The van der Waals surface area contributed by atoms with Crippen LogP contribution < -0.4 is 0 Å². The van der Waals surface area contributed by atoms with Gasteiger partial charge in [0.2, 0.25) is 0 Å². The Labute approximate surface area is 66.1 Å². The van der Waals surface area contributed by atoms with Crippen molar-refractivity contribution in [3.8, 4) is 0 Å². The second-order valence-corrected chi connectivity index (χ2v) is 2.41. The van der Waals surface area contributed by atoms with Gasteiger partial charge in [0.05, 0.1) is 0 Å². The Balaban J connectivity index is 2.62. The summed E-state index contributed by atoms with van der Waals surface area (Å²) >= 11 is 0. The average molecular weight is 151 g/mol. The lowest BCUT2D eigenvalue weighted by molar-refractivity contribution is 0.288. The molecule has 0 aliphatic heterocycles. The van der Waals surface area contributed by atoms with E-state index < -0.39 is 0 Å². The SMILES string of the molecule is Cc1n[c]ncc1CCCO. The van der Waals surface area contributed by atoms with Gasteiger partial charge in [-0.2, -0.15) is 0 Å². The Hall–Kier alpha value is -0.960. The van der Waals surface area contributed by atoms with E-state index in [4.69, 9.17) is 5.11 Å². The van der Waals surface area contributed by atoms with Crippen molar-refractivity contribution in [2.45, 2.75) is 19.8 Å². The highest BCUT2D eigenvalue weighted by Crippen LogP contribution is 2.03. The molecule has 1 heterocycles. The Morgan fingerprint density at radius 1 is 1.64 bits per heavy atom. The van der Waals surface area contributed by atoms with Crippen LogP contribution in [0.15, 0.2) is 6.20 Å². The number of aryl methyl sites for hydroxylation is 2. The van der Waals surface area contributed by atoms with E-state index in [1.807, 2.05) is 6.92 Å². The average Bonchev–Trinajstić information content (AvgIpc) is 2.03. The molecule has 0 aliphatic carbocycles. The molecule has 0 aliphatic rings. The number of hydrogen-bond donors (Lipinski definition) is 1. The molecule has 0 unspecified atom stereocenters. The number of aliphatic hydroxyl groups excluding tert-OH is 1. The normalized spacial score (nSPS) is 10.0. The van der Waals surface area contributed by atoms with Crippen molar-refractivity contribution in [3.05, 3.63) is 23.8 Å². The Morgan fingerprint density at radius 3 is 3.09 bits per heavy atom. The topological polar surface area (TPSA) is 46.0 Å². The smallest absolute Gasteiger partial charge is 0.197 e. The number of aliphatic hydroxyl groups is 1. The molecule has 3 heteroatoms. The molecule has 0 aromatic carbocycles. The van der Waals surface area contributed by atoms with Crippen molar-refractivity contribution < 1.29 is 5.11 Å². The van der Waals surface area contributed by atoms with Crippen molar-refractivity contribution >= 4 is 0 Å². The fourth-order valence-electron chi connectivity index (χ4n) is 0.891. The van der Waals surface area contributed by atoms with Crippen LogP contribution in [0.1, 0.15) is 17.7 Å². The van der Waals surface area contributed by atoms with Crippen molar-refractivity contribution in [1.82, 2.24) is 9.97 Å². The van der Waals surface area contributed by atoms with E-state index in [0.29, 0.717) is 0 Å². The highest BCUT2D eigenvalue weighted by molar-refractivity contribution is 5.13. The predicted octanol–water partition coefficient (Wildman–Crippen LogP) is 0.510. The van der Waals surface area contributed by atoms with Gasteiger partial charge in [0.15, 0.2) is 6.33 Å². The lowest BCUT2D eigenvalue weighted by Crippen LogP contribution is -1.96. The summed E-state index contributed by atoms with van der Waals surface area (Å²) in [5, 5.41) is 8.57. The molecule has 0 spiro atoms. The maximum Gasteiger partial charge on any atom is 0.197 e. The summed E-state index contributed by atoms with van der Waals surface area (Å²) in [4.78, 5) is 7.69. The highest BCUT2D eigenvalue weighted by Gasteiger charge is 1.97. The van der Waals surface area contributed by atoms with Crippen LogP contribution in [0.4, 0.5) is 0 Å². The summed E-state index contributed by atoms with van der Waals surface area (Å²) in [6.45, 7) is 2.14. The lowest BCUT2D eigenvalue weighted by Gasteiger charge is -2.00. The minimum absolute atomic E-state index is 0.220. The van der Waals surface area contributed by atoms with Crippen LogP contribution in [0.5, 0.6) is 0 Å². The number of rotatable bonds is 3. The van der Waals surface area contributed by atoms with Crippen LogP contribution in [0, 0.1) is 13.3 Å². The zero-order valence-electron chi connectivity index (χ0n) is 6.54. The molecule has 0 fully saturated rings. The monoisotopic (exact) mass is 151 g/mol. The van der Waals surface area contributed by atoms with Gasteiger partial charge >= 0.3 is 0 Å². The molecule has 0 amide bonds. The minimum atomic E-state index is 0.220. The van der Waals surface area contributed by atoms with Crippen molar-refractivity contribution in [3.63, 3.8) is 0 Å². The van der Waals surface area contributed by atoms with Crippen LogP contribution in [0.25, 0.3) is 0 Å². The molecule has 1 rings (SSSR count). The third kappa shape index (κ3) is 2.27. The van der Waals surface area contributed by atoms with Crippen LogP contribution in [-0.4, -0.2) is 21.7 Å². The quantitative estimate of drug-likeness (QED) is 0.684.